The molecule has 1 amide bonds. The molecule has 16 heteroatoms. The summed E-state index contributed by atoms with van der Waals surface area (Å²) in [6.07, 6.45) is -3.44. The number of esters is 1. The van der Waals surface area contributed by atoms with E-state index in [1.807, 2.05) is 20.8 Å². The lowest BCUT2D eigenvalue weighted by Gasteiger charge is -2.34. The van der Waals surface area contributed by atoms with Gasteiger partial charge in [-0.2, -0.15) is 5.09 Å². The van der Waals surface area contributed by atoms with E-state index >= 15 is 0 Å². The quantitative estimate of drug-likeness (QED) is 0.191. The summed E-state index contributed by atoms with van der Waals surface area (Å²) in [6, 6.07) is 8.03. The summed E-state index contributed by atoms with van der Waals surface area (Å²) < 4.78 is 43.2. The first-order valence-corrected chi connectivity index (χ1v) is 16.4. The fraction of sp³-hybridized carbons (Fsp3) is 0.600. The van der Waals surface area contributed by atoms with Crippen molar-refractivity contribution in [2.45, 2.75) is 97.4 Å². The monoisotopic (exact) mass is 668 g/mol. The minimum Gasteiger partial charge on any atom is -0.465 e. The van der Waals surface area contributed by atoms with Gasteiger partial charge in [0.05, 0.1) is 13.2 Å². The van der Waals surface area contributed by atoms with Crippen LogP contribution in [0, 0.1) is 5.41 Å². The number of para-hydroxylation sites is 1. The maximum absolute atomic E-state index is 14.0. The van der Waals surface area contributed by atoms with Gasteiger partial charge in [-0.1, -0.05) is 39.0 Å². The fourth-order valence-corrected chi connectivity index (χ4v) is 5.93. The number of alkyl carbamates (subject to hydrolysis) is 1. The highest BCUT2D eigenvalue weighted by molar-refractivity contribution is 7.52. The Bertz CT molecular complexity index is 1520. The zero-order valence-corrected chi connectivity index (χ0v) is 28.3. The normalized spacial score (nSPS) is 23.6. The standard InChI is InChI=1S/C30H45N4O11P/c1-19(24(37)41-17-15-28(2,3)4)33-46(40,45-20-12-10-9-11-13-20)42-18-21-23(36)30(8,32-27(39)44-29(5,6)7)25(43-21)34-16-14-22(35)31-26(34)38/h9-14,16,19,21,23,25,36H,15,17-18H2,1-8H3,(H,32,39)(H,33,40)(H,31,35,38)/t19-,21+,23+,25+,30+,46?/m0/s1. The highest BCUT2D eigenvalue weighted by Gasteiger charge is 2.56. The lowest BCUT2D eigenvalue weighted by atomic mass is 9.92. The van der Waals surface area contributed by atoms with Crippen LogP contribution in [0.1, 0.15) is 68.0 Å². The Kier molecular flexibility index (Phi) is 11.7. The molecule has 1 saturated heterocycles. The van der Waals surface area contributed by atoms with Crippen molar-refractivity contribution in [2.75, 3.05) is 13.2 Å². The van der Waals surface area contributed by atoms with Crippen molar-refractivity contribution < 1.29 is 42.5 Å². The van der Waals surface area contributed by atoms with Gasteiger partial charge >= 0.3 is 25.5 Å². The summed E-state index contributed by atoms with van der Waals surface area (Å²) in [6.45, 7) is 13.4. The first kappa shape index (κ1) is 37.0. The Labute approximate surface area is 267 Å². The summed E-state index contributed by atoms with van der Waals surface area (Å²) in [5, 5.41) is 16.6. The molecule has 1 aliphatic heterocycles. The highest BCUT2D eigenvalue weighted by Crippen LogP contribution is 2.47. The van der Waals surface area contributed by atoms with Gasteiger partial charge in [-0.25, -0.2) is 14.2 Å². The Hall–Kier alpha value is -3.49. The van der Waals surface area contributed by atoms with Crippen molar-refractivity contribution >= 4 is 19.8 Å². The van der Waals surface area contributed by atoms with Crippen molar-refractivity contribution in [2.24, 2.45) is 5.41 Å². The predicted molar refractivity (Wildman–Crippen MR) is 167 cm³/mol. The van der Waals surface area contributed by atoms with E-state index in [2.05, 4.69) is 15.4 Å². The van der Waals surface area contributed by atoms with Gasteiger partial charge in [-0.15, -0.1) is 0 Å². The average Bonchev–Trinajstić information content (AvgIpc) is 3.15. The molecule has 1 unspecified atom stereocenters. The highest BCUT2D eigenvalue weighted by atomic mass is 31.2. The Morgan fingerprint density at radius 1 is 1.13 bits per heavy atom. The number of aromatic nitrogens is 2. The largest absolute Gasteiger partial charge is 0.465 e. The van der Waals surface area contributed by atoms with Crippen LogP contribution in [0.4, 0.5) is 4.79 Å². The zero-order chi connectivity index (χ0) is 34.5. The van der Waals surface area contributed by atoms with E-state index < -0.39 is 73.3 Å². The van der Waals surface area contributed by atoms with E-state index in [0.29, 0.717) is 6.42 Å². The van der Waals surface area contributed by atoms with Gasteiger partial charge < -0.3 is 29.2 Å². The molecule has 0 saturated carbocycles. The second-order valence-electron chi connectivity index (χ2n) is 13.4. The van der Waals surface area contributed by atoms with Crippen molar-refractivity contribution in [3.05, 3.63) is 63.4 Å². The van der Waals surface area contributed by atoms with E-state index in [4.69, 9.17) is 23.3 Å². The fourth-order valence-electron chi connectivity index (χ4n) is 4.42. The van der Waals surface area contributed by atoms with Crippen LogP contribution in [0.3, 0.4) is 0 Å². The zero-order valence-electron chi connectivity index (χ0n) is 27.4. The van der Waals surface area contributed by atoms with Crippen LogP contribution in [-0.4, -0.2) is 69.3 Å². The lowest BCUT2D eigenvalue weighted by Crippen LogP contribution is -2.59. The number of aliphatic hydroxyl groups excluding tert-OH is 1. The minimum absolute atomic E-state index is 0.0707. The molecule has 0 aliphatic carbocycles. The molecule has 256 valence electrons. The van der Waals surface area contributed by atoms with Crippen LogP contribution >= 0.6 is 7.75 Å². The molecular formula is C30H45N4O11P. The summed E-state index contributed by atoms with van der Waals surface area (Å²) in [7, 11) is -4.37. The minimum atomic E-state index is -4.37. The van der Waals surface area contributed by atoms with Crippen molar-refractivity contribution in [1.82, 2.24) is 20.0 Å². The van der Waals surface area contributed by atoms with Crippen LogP contribution in [0.2, 0.25) is 0 Å². The third kappa shape index (κ3) is 10.3. The van der Waals surface area contributed by atoms with E-state index in [0.717, 1.165) is 16.8 Å². The maximum atomic E-state index is 14.0. The molecule has 3 rings (SSSR count). The van der Waals surface area contributed by atoms with Crippen LogP contribution in [0.25, 0.3) is 0 Å². The second kappa shape index (κ2) is 14.5. The van der Waals surface area contributed by atoms with Crippen LogP contribution in [0.5, 0.6) is 5.75 Å². The number of carbonyl (C=O) groups excluding carboxylic acids is 2. The van der Waals surface area contributed by atoms with Crippen molar-refractivity contribution in [1.29, 1.82) is 0 Å². The molecule has 0 spiro atoms. The van der Waals surface area contributed by atoms with Crippen LogP contribution < -0.4 is 26.2 Å². The summed E-state index contributed by atoms with van der Waals surface area (Å²) in [5.74, 6) is -0.526. The molecule has 4 N–H and O–H groups in total. The van der Waals surface area contributed by atoms with Gasteiger partial charge in [0.15, 0.2) is 6.23 Å². The molecule has 15 nitrogen and oxygen atoms in total. The number of carbonyl (C=O) groups is 2. The topological polar surface area (TPSA) is 197 Å². The van der Waals surface area contributed by atoms with E-state index in [1.165, 1.54) is 26.0 Å². The molecule has 46 heavy (non-hydrogen) atoms. The number of nitrogens with one attached hydrogen (secondary N) is 3. The molecule has 1 aliphatic rings. The van der Waals surface area contributed by atoms with Crippen molar-refractivity contribution in [3.63, 3.8) is 0 Å². The molecule has 0 radical (unpaired) electrons. The smallest absolute Gasteiger partial charge is 0.459 e. The number of ether oxygens (including phenoxy) is 3. The molecule has 2 aromatic rings. The molecule has 2 heterocycles. The molecule has 1 fully saturated rings. The molecule has 1 aromatic carbocycles. The van der Waals surface area contributed by atoms with Crippen molar-refractivity contribution in [3.8, 4) is 5.75 Å². The Morgan fingerprint density at radius 2 is 1.78 bits per heavy atom. The maximum Gasteiger partial charge on any atom is 0.459 e. The third-order valence-electron chi connectivity index (χ3n) is 6.84. The first-order chi connectivity index (χ1) is 21.2. The second-order valence-corrected chi connectivity index (χ2v) is 15.1. The summed E-state index contributed by atoms with van der Waals surface area (Å²) in [5.41, 5.74) is -4.23. The van der Waals surface area contributed by atoms with Gasteiger partial charge in [0.25, 0.3) is 5.56 Å². The number of rotatable bonds is 12. The van der Waals surface area contributed by atoms with Gasteiger partial charge in [0.1, 0.15) is 35.1 Å². The van der Waals surface area contributed by atoms with Gasteiger partial charge in [0.2, 0.25) is 0 Å². The number of aliphatic hydroxyl groups is 1. The molecule has 6 atom stereocenters. The predicted octanol–water partition coefficient (Wildman–Crippen LogP) is 3.24. The number of H-pyrrole nitrogens is 1. The number of hydrogen-bond donors (Lipinski definition) is 4. The third-order valence-corrected chi connectivity index (χ3v) is 8.48. The summed E-state index contributed by atoms with van der Waals surface area (Å²) >= 11 is 0. The van der Waals surface area contributed by atoms with E-state index in [9.17, 15) is 28.8 Å². The van der Waals surface area contributed by atoms with Crippen LogP contribution in [0.15, 0.2) is 52.2 Å². The number of benzene rings is 1. The Morgan fingerprint density at radius 3 is 2.37 bits per heavy atom. The Balaban J connectivity index is 1.87. The average molecular weight is 669 g/mol. The van der Waals surface area contributed by atoms with Gasteiger partial charge in [-0.3, -0.25) is 23.7 Å². The number of hydrogen-bond acceptors (Lipinski definition) is 11. The molecular weight excluding hydrogens is 623 g/mol. The van der Waals surface area contributed by atoms with E-state index in [1.54, 1.807) is 39.0 Å². The van der Waals surface area contributed by atoms with Gasteiger partial charge in [0, 0.05) is 12.3 Å². The number of aromatic amines is 1. The first-order valence-electron chi connectivity index (χ1n) is 14.8. The van der Waals surface area contributed by atoms with Crippen LogP contribution in [-0.2, 0) is 28.1 Å². The lowest BCUT2D eigenvalue weighted by molar-refractivity contribution is -0.146. The van der Waals surface area contributed by atoms with E-state index in [-0.39, 0.29) is 17.8 Å². The molecule has 0 bridgehead atoms. The number of amides is 1. The summed E-state index contributed by atoms with van der Waals surface area (Å²) in [4.78, 5) is 52.1. The number of nitrogens with zero attached hydrogens (tertiary/aromatic N) is 1. The molecule has 1 aromatic heterocycles. The SMILES string of the molecule is C[C@H](NP(=O)(OC[C@H]1O[C@@H](n2ccc(=O)[nH]c2=O)[C@](C)(NC(=O)OC(C)(C)C)[C@@H]1O)Oc1ccccc1)C(=O)OCCC(C)(C)C. The van der Waals surface area contributed by atoms with Gasteiger partial charge in [-0.05, 0) is 58.6 Å².